The predicted molar refractivity (Wildman–Crippen MR) is 68.9 cm³/mol. The highest BCUT2D eigenvalue weighted by Crippen LogP contribution is 2.21. The highest BCUT2D eigenvalue weighted by atomic mass is 79.9. The first kappa shape index (κ1) is 10.7. The molecule has 0 aliphatic heterocycles. The Bertz CT molecular complexity index is 695. The third-order valence-corrected chi connectivity index (χ3v) is 3.00. The molecule has 0 bridgehead atoms. The molecule has 0 atom stereocenters. The fraction of sp³-hybridized carbons (Fsp3) is 0. The lowest BCUT2D eigenvalue weighted by Gasteiger charge is -2.03. The van der Waals surface area contributed by atoms with E-state index in [1.54, 1.807) is 22.8 Å². The van der Waals surface area contributed by atoms with E-state index in [-0.39, 0.29) is 0 Å². The normalized spacial score (nSPS) is 10.9. The molecule has 3 rings (SSSR count). The molecule has 0 aliphatic rings. The number of pyridine rings is 1. The molecule has 3 aromatic heterocycles. The van der Waals surface area contributed by atoms with E-state index in [9.17, 15) is 0 Å². The Balaban J connectivity index is 2.23. The predicted octanol–water partition coefficient (Wildman–Crippen LogP) is 3.21. The van der Waals surface area contributed by atoms with Crippen LogP contribution in [-0.4, -0.2) is 19.6 Å². The number of hydrogen-bond donors (Lipinski definition) is 0. The van der Waals surface area contributed by atoms with Gasteiger partial charge in [-0.25, -0.2) is 14.5 Å². The number of rotatable bonds is 1. The van der Waals surface area contributed by atoms with Crippen LogP contribution in [0.15, 0.2) is 41.1 Å². The van der Waals surface area contributed by atoms with E-state index >= 15 is 0 Å². The average Bonchev–Trinajstić information content (AvgIpc) is 2.77. The van der Waals surface area contributed by atoms with Gasteiger partial charge in [0.1, 0.15) is 9.76 Å². The lowest BCUT2D eigenvalue weighted by molar-refractivity contribution is 0.940. The molecule has 0 aliphatic carbocycles. The molecule has 17 heavy (non-hydrogen) atoms. The van der Waals surface area contributed by atoms with Crippen LogP contribution >= 0.6 is 27.5 Å². The van der Waals surface area contributed by atoms with E-state index < -0.39 is 0 Å². The van der Waals surface area contributed by atoms with Crippen molar-refractivity contribution in [3.05, 3.63) is 46.3 Å². The Morgan fingerprint density at radius 3 is 2.82 bits per heavy atom. The number of halogens is 2. The Kier molecular flexibility index (Phi) is 2.57. The summed E-state index contributed by atoms with van der Waals surface area (Å²) in [6, 6.07) is 9.20. The quantitative estimate of drug-likeness (QED) is 0.512. The van der Waals surface area contributed by atoms with Crippen molar-refractivity contribution in [1.82, 2.24) is 19.6 Å². The van der Waals surface area contributed by atoms with E-state index in [2.05, 4.69) is 31.0 Å². The van der Waals surface area contributed by atoms with Crippen LogP contribution in [0.3, 0.4) is 0 Å². The standard InChI is InChI=1S/C11H6BrClN4/c12-9-3-1-2-7(15-9)8-6-10(13)17-11(16-8)4-5-14-17/h1-6H. The highest BCUT2D eigenvalue weighted by molar-refractivity contribution is 9.10. The average molecular weight is 310 g/mol. The third kappa shape index (κ3) is 1.92. The molecule has 0 fully saturated rings. The van der Waals surface area contributed by atoms with E-state index in [4.69, 9.17) is 11.6 Å². The molecule has 3 aromatic rings. The number of fused-ring (bicyclic) bond motifs is 1. The van der Waals surface area contributed by atoms with Gasteiger partial charge in [-0.3, -0.25) is 0 Å². The van der Waals surface area contributed by atoms with Gasteiger partial charge in [-0.05, 0) is 28.1 Å². The zero-order valence-electron chi connectivity index (χ0n) is 8.51. The first-order chi connectivity index (χ1) is 8.24. The van der Waals surface area contributed by atoms with Gasteiger partial charge in [0.25, 0.3) is 0 Å². The highest BCUT2D eigenvalue weighted by Gasteiger charge is 2.07. The lowest BCUT2D eigenvalue weighted by atomic mass is 10.2. The Labute approximate surface area is 110 Å². The van der Waals surface area contributed by atoms with E-state index in [1.807, 2.05) is 18.2 Å². The van der Waals surface area contributed by atoms with Crippen LogP contribution < -0.4 is 0 Å². The molecule has 3 heterocycles. The van der Waals surface area contributed by atoms with Crippen LogP contribution in [0.4, 0.5) is 0 Å². The Morgan fingerprint density at radius 2 is 2.00 bits per heavy atom. The van der Waals surface area contributed by atoms with Crippen molar-refractivity contribution in [2.45, 2.75) is 0 Å². The van der Waals surface area contributed by atoms with Crippen LogP contribution in [0.1, 0.15) is 0 Å². The van der Waals surface area contributed by atoms with Crippen molar-refractivity contribution >= 4 is 33.2 Å². The van der Waals surface area contributed by atoms with E-state index in [1.165, 1.54) is 0 Å². The smallest absolute Gasteiger partial charge is 0.157 e. The molecule has 0 unspecified atom stereocenters. The molecular weight excluding hydrogens is 304 g/mol. The Hall–Kier alpha value is -1.46. The topological polar surface area (TPSA) is 43.1 Å². The maximum Gasteiger partial charge on any atom is 0.157 e. The van der Waals surface area contributed by atoms with Gasteiger partial charge in [0.15, 0.2) is 5.65 Å². The zero-order valence-corrected chi connectivity index (χ0v) is 10.9. The first-order valence-corrected chi connectivity index (χ1v) is 6.04. The second-order valence-corrected chi connectivity index (χ2v) is 4.61. The summed E-state index contributed by atoms with van der Waals surface area (Å²) in [5.41, 5.74) is 2.20. The summed E-state index contributed by atoms with van der Waals surface area (Å²) in [7, 11) is 0. The molecule has 0 radical (unpaired) electrons. The van der Waals surface area contributed by atoms with E-state index in [0.29, 0.717) is 10.8 Å². The van der Waals surface area contributed by atoms with Crippen molar-refractivity contribution in [1.29, 1.82) is 0 Å². The van der Waals surface area contributed by atoms with E-state index in [0.717, 1.165) is 16.0 Å². The molecular formula is C11H6BrClN4. The summed E-state index contributed by atoms with van der Waals surface area (Å²) in [5, 5.41) is 4.57. The molecule has 0 saturated heterocycles. The summed E-state index contributed by atoms with van der Waals surface area (Å²) >= 11 is 9.44. The van der Waals surface area contributed by atoms with Crippen molar-refractivity contribution in [2.24, 2.45) is 0 Å². The van der Waals surface area contributed by atoms with Crippen molar-refractivity contribution in [2.75, 3.05) is 0 Å². The van der Waals surface area contributed by atoms with Crippen LogP contribution in [0.5, 0.6) is 0 Å². The largest absolute Gasteiger partial charge is 0.239 e. The lowest BCUT2D eigenvalue weighted by Crippen LogP contribution is -1.95. The number of nitrogens with zero attached hydrogens (tertiary/aromatic N) is 4. The molecule has 0 aromatic carbocycles. The molecule has 0 N–H and O–H groups in total. The summed E-state index contributed by atoms with van der Waals surface area (Å²) in [5.74, 6) is 0. The summed E-state index contributed by atoms with van der Waals surface area (Å²) in [6.45, 7) is 0. The fourth-order valence-corrected chi connectivity index (χ4v) is 2.13. The van der Waals surface area contributed by atoms with Gasteiger partial charge < -0.3 is 0 Å². The van der Waals surface area contributed by atoms with Crippen molar-refractivity contribution < 1.29 is 0 Å². The van der Waals surface area contributed by atoms with Gasteiger partial charge in [0.2, 0.25) is 0 Å². The van der Waals surface area contributed by atoms with Crippen LogP contribution in [0.25, 0.3) is 17.0 Å². The Morgan fingerprint density at radius 1 is 1.12 bits per heavy atom. The molecule has 0 spiro atoms. The third-order valence-electron chi connectivity index (χ3n) is 2.29. The SMILES string of the molecule is Clc1cc(-c2cccc(Br)n2)nc2ccnn12. The number of hydrogen-bond acceptors (Lipinski definition) is 3. The van der Waals surface area contributed by atoms with Gasteiger partial charge in [-0.2, -0.15) is 5.10 Å². The van der Waals surface area contributed by atoms with Crippen molar-refractivity contribution in [3.63, 3.8) is 0 Å². The molecule has 0 amide bonds. The summed E-state index contributed by atoms with van der Waals surface area (Å²) < 4.78 is 2.34. The number of aromatic nitrogens is 4. The summed E-state index contributed by atoms with van der Waals surface area (Å²) in [4.78, 5) is 8.78. The van der Waals surface area contributed by atoms with Crippen molar-refractivity contribution in [3.8, 4) is 11.4 Å². The molecule has 0 saturated carbocycles. The molecule has 6 heteroatoms. The molecule has 4 nitrogen and oxygen atoms in total. The monoisotopic (exact) mass is 308 g/mol. The van der Waals surface area contributed by atoms with Gasteiger partial charge in [0.05, 0.1) is 17.6 Å². The second-order valence-electron chi connectivity index (χ2n) is 3.41. The molecule has 84 valence electrons. The maximum atomic E-state index is 6.11. The summed E-state index contributed by atoms with van der Waals surface area (Å²) in [6.07, 6.45) is 1.66. The van der Waals surface area contributed by atoms with Crippen LogP contribution in [0.2, 0.25) is 5.15 Å². The minimum atomic E-state index is 0.511. The fourth-order valence-electron chi connectivity index (χ4n) is 1.56. The van der Waals surface area contributed by atoms with Gasteiger partial charge >= 0.3 is 0 Å². The zero-order chi connectivity index (χ0) is 11.8. The van der Waals surface area contributed by atoms with Gasteiger partial charge in [0, 0.05) is 12.1 Å². The maximum absolute atomic E-state index is 6.11. The second kappa shape index (κ2) is 4.09. The minimum absolute atomic E-state index is 0.511. The van der Waals surface area contributed by atoms with Gasteiger partial charge in [-0.15, -0.1) is 0 Å². The minimum Gasteiger partial charge on any atom is -0.239 e. The van der Waals surface area contributed by atoms with Gasteiger partial charge in [-0.1, -0.05) is 17.7 Å². The first-order valence-electron chi connectivity index (χ1n) is 4.87. The van der Waals surface area contributed by atoms with Crippen LogP contribution in [-0.2, 0) is 0 Å². The van der Waals surface area contributed by atoms with Crippen LogP contribution in [0, 0.1) is 0 Å².